The second kappa shape index (κ2) is 8.44. The number of benzene rings is 2. The average Bonchev–Trinajstić information content (AvgIpc) is 3.39. The lowest BCUT2D eigenvalue weighted by Crippen LogP contribution is -2.47. The highest BCUT2D eigenvalue weighted by Crippen LogP contribution is 2.49. The second-order valence-corrected chi connectivity index (χ2v) is 8.45. The first-order chi connectivity index (χ1) is 14.5. The molecular formula is C25H30N3O2+. The van der Waals surface area contributed by atoms with Gasteiger partial charge in [-0.15, -0.1) is 0 Å². The maximum Gasteiger partial charge on any atom is 0.253 e. The zero-order valence-corrected chi connectivity index (χ0v) is 17.4. The number of rotatable bonds is 7. The molecule has 1 aromatic heterocycles. The van der Waals surface area contributed by atoms with Crippen molar-refractivity contribution in [2.45, 2.75) is 44.2 Å². The van der Waals surface area contributed by atoms with Crippen LogP contribution in [0.3, 0.4) is 0 Å². The van der Waals surface area contributed by atoms with E-state index in [-0.39, 0.29) is 11.8 Å². The third-order valence-corrected chi connectivity index (χ3v) is 6.78. The molecule has 0 spiro atoms. The largest absolute Gasteiger partial charge is 0.369 e. The number of imidazole rings is 1. The molecular weight excluding hydrogens is 374 g/mol. The standard InChI is InChI=1S/C25H29N3O2/c1-18-27-14-15-28(18)23(29)17-19-12-13-22(16-19)25(24(26)30,20-8-4-2-5-9-20)21-10-6-3-7-11-21/h2-11,14-15,19,22-23,29H,12-13,16-17H2,1H3,(H2,26,30)/p+1/t19-,22+,23?/m1/s1. The predicted octanol–water partition coefficient (Wildman–Crippen LogP) is 3.38. The number of aliphatic hydroxyl groups is 1. The van der Waals surface area contributed by atoms with Gasteiger partial charge in [0.15, 0.2) is 6.23 Å². The number of H-pyrrole nitrogens is 1. The summed E-state index contributed by atoms with van der Waals surface area (Å²) >= 11 is 0. The second-order valence-electron chi connectivity index (χ2n) is 8.45. The lowest BCUT2D eigenvalue weighted by molar-refractivity contribution is -0.765. The van der Waals surface area contributed by atoms with Crippen LogP contribution in [0.1, 0.15) is 48.9 Å². The van der Waals surface area contributed by atoms with Crippen molar-refractivity contribution < 1.29 is 14.5 Å². The molecule has 0 saturated heterocycles. The topological polar surface area (TPSA) is 83.0 Å². The molecule has 0 aliphatic heterocycles. The third kappa shape index (κ3) is 3.54. The van der Waals surface area contributed by atoms with Crippen LogP contribution in [0.15, 0.2) is 73.1 Å². The summed E-state index contributed by atoms with van der Waals surface area (Å²) in [5.41, 5.74) is 7.20. The molecule has 5 heteroatoms. The van der Waals surface area contributed by atoms with Gasteiger partial charge >= 0.3 is 0 Å². The summed E-state index contributed by atoms with van der Waals surface area (Å²) in [5, 5.41) is 10.7. The monoisotopic (exact) mass is 404 g/mol. The molecule has 30 heavy (non-hydrogen) atoms. The molecule has 1 aliphatic rings. The van der Waals surface area contributed by atoms with Crippen molar-refractivity contribution in [2.24, 2.45) is 17.6 Å². The minimum atomic E-state index is -0.862. The third-order valence-electron chi connectivity index (χ3n) is 6.78. The molecule has 2 aromatic carbocycles. The van der Waals surface area contributed by atoms with Gasteiger partial charge in [-0.2, -0.15) is 0 Å². The summed E-state index contributed by atoms with van der Waals surface area (Å²) < 4.78 is 1.86. The van der Waals surface area contributed by atoms with Gasteiger partial charge in [0.1, 0.15) is 17.8 Å². The fourth-order valence-corrected chi connectivity index (χ4v) is 5.37. The zero-order chi connectivity index (χ0) is 21.1. The number of aryl methyl sites for hydroxylation is 1. The average molecular weight is 405 g/mol. The molecule has 3 atom stereocenters. The van der Waals surface area contributed by atoms with Crippen LogP contribution in [0, 0.1) is 18.8 Å². The van der Waals surface area contributed by atoms with E-state index in [1.54, 1.807) is 0 Å². The van der Waals surface area contributed by atoms with Crippen molar-refractivity contribution in [2.75, 3.05) is 0 Å². The minimum absolute atomic E-state index is 0.0920. The van der Waals surface area contributed by atoms with Gasteiger partial charge in [-0.1, -0.05) is 60.7 Å². The van der Waals surface area contributed by atoms with Crippen molar-refractivity contribution in [1.82, 2.24) is 4.98 Å². The van der Waals surface area contributed by atoms with Crippen LogP contribution >= 0.6 is 0 Å². The Morgan fingerprint density at radius 3 is 2.23 bits per heavy atom. The van der Waals surface area contributed by atoms with Crippen molar-refractivity contribution in [1.29, 1.82) is 0 Å². The molecule has 1 saturated carbocycles. The number of primary amides is 1. The maximum absolute atomic E-state index is 13.1. The molecule has 156 valence electrons. The van der Waals surface area contributed by atoms with Gasteiger partial charge in [-0.25, -0.2) is 9.55 Å². The Morgan fingerprint density at radius 1 is 1.13 bits per heavy atom. The Labute approximate surface area is 177 Å². The Hall–Kier alpha value is -2.92. The lowest BCUT2D eigenvalue weighted by atomic mass is 9.64. The molecule has 5 nitrogen and oxygen atoms in total. The quantitative estimate of drug-likeness (QED) is 0.528. The van der Waals surface area contributed by atoms with E-state index in [0.29, 0.717) is 12.3 Å². The molecule has 3 aromatic rings. The van der Waals surface area contributed by atoms with Crippen LogP contribution in [0.25, 0.3) is 0 Å². The summed E-state index contributed by atoms with van der Waals surface area (Å²) in [6, 6.07) is 19.9. The smallest absolute Gasteiger partial charge is 0.253 e. The number of hydrogen-bond donors (Lipinski definition) is 3. The summed E-state index contributed by atoms with van der Waals surface area (Å²) in [6.45, 7) is 1.95. The van der Waals surface area contributed by atoms with E-state index in [9.17, 15) is 9.90 Å². The maximum atomic E-state index is 13.1. The molecule has 1 unspecified atom stereocenters. The van der Waals surface area contributed by atoms with Crippen molar-refractivity contribution in [3.8, 4) is 0 Å². The number of aromatic nitrogens is 2. The molecule has 1 amide bonds. The normalized spacial score (nSPS) is 20.2. The van der Waals surface area contributed by atoms with E-state index >= 15 is 0 Å². The van der Waals surface area contributed by atoms with E-state index in [1.807, 2.05) is 84.5 Å². The van der Waals surface area contributed by atoms with Crippen LogP contribution in [0.4, 0.5) is 0 Å². The van der Waals surface area contributed by atoms with Gasteiger partial charge in [-0.3, -0.25) is 4.79 Å². The number of aliphatic hydroxyl groups excluding tert-OH is 1. The van der Waals surface area contributed by atoms with Crippen molar-refractivity contribution in [3.05, 3.63) is 90.0 Å². The van der Waals surface area contributed by atoms with Crippen LogP contribution in [-0.2, 0) is 10.2 Å². The first kappa shape index (κ1) is 20.4. The van der Waals surface area contributed by atoms with Crippen LogP contribution in [-0.4, -0.2) is 16.0 Å². The molecule has 4 N–H and O–H groups in total. The highest BCUT2D eigenvalue weighted by Gasteiger charge is 2.50. The van der Waals surface area contributed by atoms with E-state index < -0.39 is 11.6 Å². The Balaban J connectivity index is 1.66. The van der Waals surface area contributed by atoms with Gasteiger partial charge < -0.3 is 10.8 Å². The van der Waals surface area contributed by atoms with Crippen LogP contribution in [0.2, 0.25) is 0 Å². The minimum Gasteiger partial charge on any atom is -0.369 e. The van der Waals surface area contributed by atoms with Gasteiger partial charge in [0, 0.05) is 13.3 Å². The number of nitrogens with one attached hydrogen (secondary N) is 1. The molecule has 0 radical (unpaired) electrons. The lowest BCUT2D eigenvalue weighted by Gasteiger charge is -2.38. The van der Waals surface area contributed by atoms with E-state index in [0.717, 1.165) is 36.2 Å². The highest BCUT2D eigenvalue weighted by atomic mass is 16.3. The molecule has 0 bridgehead atoms. The first-order valence-corrected chi connectivity index (χ1v) is 10.7. The predicted molar refractivity (Wildman–Crippen MR) is 115 cm³/mol. The summed E-state index contributed by atoms with van der Waals surface area (Å²) in [7, 11) is 0. The van der Waals surface area contributed by atoms with E-state index in [4.69, 9.17) is 5.73 Å². The molecule has 1 aliphatic carbocycles. The van der Waals surface area contributed by atoms with E-state index in [2.05, 4.69) is 4.98 Å². The number of nitrogens with two attached hydrogens (primary N) is 1. The van der Waals surface area contributed by atoms with Gasteiger partial charge in [0.25, 0.3) is 5.82 Å². The fourth-order valence-electron chi connectivity index (χ4n) is 5.37. The number of nitrogens with zero attached hydrogens (tertiary/aromatic N) is 1. The molecule has 1 fully saturated rings. The SMILES string of the molecule is Cc1[nH]cc[n+]1C(O)C[C@@H]1CC[C@H](C(C(N)=O)(c2ccccc2)c2ccccc2)C1. The van der Waals surface area contributed by atoms with Crippen LogP contribution < -0.4 is 10.3 Å². The molecule has 1 heterocycles. The number of aromatic amines is 1. The summed E-state index contributed by atoms with van der Waals surface area (Å²) in [4.78, 5) is 16.2. The Morgan fingerprint density at radius 2 is 1.73 bits per heavy atom. The van der Waals surface area contributed by atoms with Gasteiger partial charge in [0.05, 0.1) is 0 Å². The van der Waals surface area contributed by atoms with Crippen molar-refractivity contribution in [3.63, 3.8) is 0 Å². The number of hydrogen-bond acceptors (Lipinski definition) is 2. The first-order valence-electron chi connectivity index (χ1n) is 10.7. The number of amides is 1. The van der Waals surface area contributed by atoms with Gasteiger partial charge in [0.2, 0.25) is 5.91 Å². The summed E-state index contributed by atoms with van der Waals surface area (Å²) in [5.74, 6) is 1.05. The zero-order valence-electron chi connectivity index (χ0n) is 17.4. The summed E-state index contributed by atoms with van der Waals surface area (Å²) in [6.07, 6.45) is 6.52. The fraction of sp³-hybridized carbons (Fsp3) is 0.360. The highest BCUT2D eigenvalue weighted by molar-refractivity contribution is 5.91. The Bertz CT molecular complexity index is 944. The molecule has 4 rings (SSSR count). The van der Waals surface area contributed by atoms with E-state index in [1.165, 1.54) is 0 Å². The van der Waals surface area contributed by atoms with Crippen LogP contribution in [0.5, 0.6) is 0 Å². The Kier molecular flexibility index (Phi) is 5.73. The number of carbonyl (C=O) groups excluding carboxylic acids is 1. The number of carbonyl (C=O) groups is 1. The van der Waals surface area contributed by atoms with Gasteiger partial charge in [-0.05, 0) is 42.2 Å². The van der Waals surface area contributed by atoms with Crippen molar-refractivity contribution >= 4 is 5.91 Å².